The van der Waals surface area contributed by atoms with Crippen molar-refractivity contribution in [2.24, 2.45) is 5.92 Å². The average Bonchev–Trinajstić information content (AvgIpc) is 2.82. The highest BCUT2D eigenvalue weighted by Gasteiger charge is 2.41. The van der Waals surface area contributed by atoms with Gasteiger partial charge in [0.05, 0.1) is 35.1 Å². The minimum Gasteiger partial charge on any atom is -0.497 e. The molecular weight excluding hydrogens is 392 g/mol. The van der Waals surface area contributed by atoms with Gasteiger partial charge in [0.25, 0.3) is 10.0 Å². The first kappa shape index (κ1) is 19.2. The van der Waals surface area contributed by atoms with Crippen LogP contribution in [0.1, 0.15) is 6.92 Å². The van der Waals surface area contributed by atoms with E-state index in [4.69, 9.17) is 4.74 Å². The number of methoxy groups -OCH3 is 1. The number of amides is 1. The van der Waals surface area contributed by atoms with E-state index in [1.165, 1.54) is 44.4 Å². The van der Waals surface area contributed by atoms with Crippen LogP contribution in [-0.4, -0.2) is 35.6 Å². The van der Waals surface area contributed by atoms with E-state index >= 15 is 0 Å². The van der Waals surface area contributed by atoms with Gasteiger partial charge in [-0.1, -0.05) is 13.0 Å². The molecule has 2 aromatic rings. The van der Waals surface area contributed by atoms with Crippen molar-refractivity contribution >= 4 is 37.3 Å². The molecule has 1 atom stereocenters. The number of hydrogen-bond donors (Lipinski definition) is 1. The summed E-state index contributed by atoms with van der Waals surface area (Å²) in [6, 6.07) is 11.5. The number of carbonyl (C=O) groups is 1. The van der Waals surface area contributed by atoms with E-state index in [9.17, 15) is 21.6 Å². The van der Waals surface area contributed by atoms with Gasteiger partial charge in [0.2, 0.25) is 15.9 Å². The highest BCUT2D eigenvalue weighted by atomic mass is 32.2. The van der Waals surface area contributed by atoms with Crippen LogP contribution in [0.2, 0.25) is 0 Å². The van der Waals surface area contributed by atoms with Gasteiger partial charge in [-0.2, -0.15) is 0 Å². The number of carbonyl (C=O) groups excluding carboxylic acids is 1. The molecular formula is C17H18N2O6S2. The Bertz CT molecular complexity index is 1080. The van der Waals surface area contributed by atoms with Gasteiger partial charge in [-0.05, 0) is 36.4 Å². The van der Waals surface area contributed by atoms with Gasteiger partial charge >= 0.3 is 0 Å². The minimum atomic E-state index is -3.89. The summed E-state index contributed by atoms with van der Waals surface area (Å²) in [5.41, 5.74) is 0.439. The van der Waals surface area contributed by atoms with Gasteiger partial charge in [-0.25, -0.2) is 21.1 Å². The van der Waals surface area contributed by atoms with Crippen LogP contribution >= 0.6 is 0 Å². The maximum Gasteiger partial charge on any atom is 0.261 e. The minimum absolute atomic E-state index is 0.0637. The highest BCUT2D eigenvalue weighted by Crippen LogP contribution is 2.29. The molecule has 2 aromatic carbocycles. The van der Waals surface area contributed by atoms with E-state index in [0.29, 0.717) is 11.4 Å². The summed E-state index contributed by atoms with van der Waals surface area (Å²) in [7, 11) is -6.16. The van der Waals surface area contributed by atoms with Crippen molar-refractivity contribution in [3.05, 3.63) is 48.5 Å². The SMILES string of the molecule is COc1cccc(NS(=O)(=O)c2ccc(N3C(=O)C(C)CS3(=O)=O)cc2)c1. The zero-order chi connectivity index (χ0) is 19.8. The van der Waals surface area contributed by atoms with Gasteiger partial charge in [-0.3, -0.25) is 9.52 Å². The number of nitrogens with zero attached hydrogens (tertiary/aromatic N) is 1. The quantitative estimate of drug-likeness (QED) is 0.805. The molecule has 27 heavy (non-hydrogen) atoms. The number of ether oxygens (including phenoxy) is 1. The summed E-state index contributed by atoms with van der Waals surface area (Å²) >= 11 is 0. The van der Waals surface area contributed by atoms with Crippen LogP contribution in [0.15, 0.2) is 53.4 Å². The smallest absolute Gasteiger partial charge is 0.261 e. The monoisotopic (exact) mass is 410 g/mol. The largest absolute Gasteiger partial charge is 0.497 e. The molecule has 1 aliphatic heterocycles. The van der Waals surface area contributed by atoms with Gasteiger partial charge in [-0.15, -0.1) is 0 Å². The van der Waals surface area contributed by atoms with E-state index in [1.54, 1.807) is 18.2 Å². The van der Waals surface area contributed by atoms with Crippen LogP contribution in [0.3, 0.4) is 0 Å². The maximum absolute atomic E-state index is 12.5. The molecule has 8 nitrogen and oxygen atoms in total. The second kappa shape index (κ2) is 6.86. The van der Waals surface area contributed by atoms with E-state index in [2.05, 4.69) is 4.72 Å². The molecule has 0 spiro atoms. The van der Waals surface area contributed by atoms with Crippen molar-refractivity contribution < 1.29 is 26.4 Å². The number of nitrogens with one attached hydrogen (secondary N) is 1. The molecule has 1 unspecified atom stereocenters. The molecule has 1 saturated heterocycles. The summed E-state index contributed by atoms with van der Waals surface area (Å²) in [4.78, 5) is 12.0. The van der Waals surface area contributed by atoms with Crippen molar-refractivity contribution in [1.82, 2.24) is 0 Å². The standard InChI is InChI=1S/C17H18N2O6S2/c1-12-11-26(21,22)19(17(12)20)14-6-8-16(9-7-14)27(23,24)18-13-4-3-5-15(10-13)25-2/h3-10,12,18H,11H2,1-2H3. The Hall–Kier alpha value is -2.59. The molecule has 0 bridgehead atoms. The van der Waals surface area contributed by atoms with Crippen LogP contribution in [0.25, 0.3) is 0 Å². The van der Waals surface area contributed by atoms with E-state index in [1.807, 2.05) is 0 Å². The highest BCUT2D eigenvalue weighted by molar-refractivity contribution is 7.94. The van der Waals surface area contributed by atoms with Crippen LogP contribution < -0.4 is 13.8 Å². The Kier molecular flexibility index (Phi) is 4.87. The molecule has 1 fully saturated rings. The summed E-state index contributed by atoms with van der Waals surface area (Å²) in [6.45, 7) is 1.54. The lowest BCUT2D eigenvalue weighted by Gasteiger charge is -2.16. The Morgan fingerprint density at radius 3 is 2.37 bits per heavy atom. The molecule has 0 saturated carbocycles. The fourth-order valence-electron chi connectivity index (χ4n) is 2.75. The Morgan fingerprint density at radius 1 is 1.15 bits per heavy atom. The summed E-state index contributed by atoms with van der Waals surface area (Å²) in [6.07, 6.45) is 0. The summed E-state index contributed by atoms with van der Waals surface area (Å²) in [5, 5.41) is 0. The van der Waals surface area contributed by atoms with Crippen molar-refractivity contribution in [1.29, 1.82) is 0 Å². The number of sulfonamides is 2. The van der Waals surface area contributed by atoms with E-state index < -0.39 is 31.9 Å². The first-order chi connectivity index (χ1) is 12.6. The lowest BCUT2D eigenvalue weighted by Crippen LogP contribution is -2.30. The summed E-state index contributed by atoms with van der Waals surface area (Å²) in [5.74, 6) is -0.922. The van der Waals surface area contributed by atoms with Crippen LogP contribution in [0.5, 0.6) is 5.75 Å². The van der Waals surface area contributed by atoms with Crippen molar-refractivity contribution in [3.63, 3.8) is 0 Å². The Morgan fingerprint density at radius 2 is 1.81 bits per heavy atom. The fraction of sp³-hybridized carbons (Fsp3) is 0.235. The third-order valence-corrected chi connectivity index (χ3v) is 7.33. The third-order valence-electron chi connectivity index (χ3n) is 4.06. The van der Waals surface area contributed by atoms with Gasteiger partial charge in [0.1, 0.15) is 5.75 Å². The van der Waals surface area contributed by atoms with Crippen LogP contribution in [0, 0.1) is 5.92 Å². The third kappa shape index (κ3) is 3.76. The number of hydrogen-bond acceptors (Lipinski definition) is 6. The fourth-order valence-corrected chi connectivity index (χ4v) is 5.62. The second-order valence-corrected chi connectivity index (χ2v) is 9.66. The topological polar surface area (TPSA) is 110 Å². The van der Waals surface area contributed by atoms with Crippen LogP contribution in [0.4, 0.5) is 11.4 Å². The lowest BCUT2D eigenvalue weighted by molar-refractivity contribution is -0.119. The molecule has 1 heterocycles. The molecule has 3 rings (SSSR count). The van der Waals surface area contributed by atoms with Crippen molar-refractivity contribution in [2.45, 2.75) is 11.8 Å². The predicted octanol–water partition coefficient (Wildman–Crippen LogP) is 1.81. The number of anilines is 2. The van der Waals surface area contributed by atoms with Gasteiger partial charge in [0.15, 0.2) is 0 Å². The molecule has 1 amide bonds. The molecule has 10 heteroatoms. The zero-order valence-corrected chi connectivity index (χ0v) is 16.2. The zero-order valence-electron chi connectivity index (χ0n) is 14.6. The number of rotatable bonds is 5. The van der Waals surface area contributed by atoms with E-state index in [-0.39, 0.29) is 16.3 Å². The van der Waals surface area contributed by atoms with Gasteiger partial charge in [0, 0.05) is 6.07 Å². The first-order valence-corrected chi connectivity index (χ1v) is 11.1. The molecule has 0 aromatic heterocycles. The molecule has 144 valence electrons. The van der Waals surface area contributed by atoms with Crippen molar-refractivity contribution in [3.8, 4) is 5.75 Å². The normalized spacial score (nSPS) is 19.1. The molecule has 0 aliphatic carbocycles. The molecule has 1 aliphatic rings. The van der Waals surface area contributed by atoms with Crippen molar-refractivity contribution in [2.75, 3.05) is 21.9 Å². The Labute approximate surface area is 157 Å². The van der Waals surface area contributed by atoms with Gasteiger partial charge < -0.3 is 4.74 Å². The van der Waals surface area contributed by atoms with Crippen LogP contribution in [-0.2, 0) is 24.8 Å². The second-order valence-electron chi connectivity index (χ2n) is 6.11. The maximum atomic E-state index is 12.5. The molecule has 0 radical (unpaired) electrons. The predicted molar refractivity (Wildman–Crippen MR) is 101 cm³/mol. The molecule has 1 N–H and O–H groups in total. The number of benzene rings is 2. The average molecular weight is 410 g/mol. The lowest BCUT2D eigenvalue weighted by atomic mass is 10.2. The Balaban J connectivity index is 1.87. The first-order valence-electron chi connectivity index (χ1n) is 7.98. The van der Waals surface area contributed by atoms with E-state index in [0.717, 1.165) is 4.31 Å². The summed E-state index contributed by atoms with van der Waals surface area (Å²) < 4.78 is 57.5.